The van der Waals surface area contributed by atoms with E-state index in [4.69, 9.17) is 0 Å². The first kappa shape index (κ1) is 12.9. The number of piperidine rings is 1. The summed E-state index contributed by atoms with van der Waals surface area (Å²) in [6, 6.07) is 10.5. The third-order valence-corrected chi connectivity index (χ3v) is 4.97. The minimum absolute atomic E-state index is 0.0355. The van der Waals surface area contributed by atoms with Crippen LogP contribution in [0.2, 0.25) is 0 Å². The van der Waals surface area contributed by atoms with Gasteiger partial charge in [-0.3, -0.25) is 9.69 Å². The highest BCUT2D eigenvalue weighted by molar-refractivity contribution is 5.99. The largest absolute Gasteiger partial charge is 0.292 e. The standard InChI is InChI=1S/C17H23NO/c1-13(17(19)15-7-3-2-4-8-15)18-12-6-10-14-9-5-11-16(14)18/h2-4,7-8,13-14,16H,5-6,9-12H2,1H3. The molecule has 102 valence electrons. The topological polar surface area (TPSA) is 20.3 Å². The van der Waals surface area contributed by atoms with Gasteiger partial charge in [0.25, 0.3) is 0 Å². The SMILES string of the molecule is CC(C(=O)c1ccccc1)N1CCCC2CCCC21. The van der Waals surface area contributed by atoms with Gasteiger partial charge in [-0.1, -0.05) is 36.8 Å². The summed E-state index contributed by atoms with van der Waals surface area (Å²) in [5, 5.41) is 0. The lowest BCUT2D eigenvalue weighted by molar-refractivity contribution is 0.0565. The van der Waals surface area contributed by atoms with Crippen LogP contribution < -0.4 is 0 Å². The summed E-state index contributed by atoms with van der Waals surface area (Å²) < 4.78 is 0. The molecule has 0 N–H and O–H groups in total. The second-order valence-corrected chi connectivity index (χ2v) is 6.04. The molecule has 2 heteroatoms. The maximum atomic E-state index is 12.6. The van der Waals surface area contributed by atoms with Crippen molar-refractivity contribution < 1.29 is 4.79 Å². The van der Waals surface area contributed by atoms with Crippen LogP contribution in [-0.2, 0) is 0 Å². The molecule has 1 aromatic carbocycles. The van der Waals surface area contributed by atoms with Gasteiger partial charge in [0.1, 0.15) is 0 Å². The number of hydrogen-bond donors (Lipinski definition) is 0. The number of carbonyl (C=O) groups is 1. The van der Waals surface area contributed by atoms with E-state index in [1.165, 1.54) is 32.1 Å². The number of ketones is 1. The highest BCUT2D eigenvalue weighted by atomic mass is 16.1. The third kappa shape index (κ3) is 2.46. The van der Waals surface area contributed by atoms with E-state index in [0.29, 0.717) is 6.04 Å². The van der Waals surface area contributed by atoms with Crippen LogP contribution in [0.4, 0.5) is 0 Å². The maximum absolute atomic E-state index is 12.6. The number of nitrogens with zero attached hydrogens (tertiary/aromatic N) is 1. The molecule has 1 aromatic rings. The Bertz CT molecular complexity index is 442. The Labute approximate surface area is 115 Å². The molecular formula is C17H23NO. The first-order valence-corrected chi connectivity index (χ1v) is 7.62. The van der Waals surface area contributed by atoms with Gasteiger partial charge < -0.3 is 0 Å². The molecule has 2 fully saturated rings. The Morgan fingerprint density at radius 2 is 1.89 bits per heavy atom. The molecule has 1 aliphatic carbocycles. The smallest absolute Gasteiger partial charge is 0.179 e. The van der Waals surface area contributed by atoms with Gasteiger partial charge in [-0.2, -0.15) is 0 Å². The number of rotatable bonds is 3. The molecule has 3 unspecified atom stereocenters. The molecule has 1 saturated heterocycles. The monoisotopic (exact) mass is 257 g/mol. The van der Waals surface area contributed by atoms with Crippen LogP contribution in [0.15, 0.2) is 30.3 Å². The summed E-state index contributed by atoms with van der Waals surface area (Å²) in [6.07, 6.45) is 6.63. The number of likely N-dealkylation sites (tertiary alicyclic amines) is 1. The van der Waals surface area contributed by atoms with E-state index in [-0.39, 0.29) is 11.8 Å². The number of benzene rings is 1. The Hall–Kier alpha value is -1.15. The molecule has 2 nitrogen and oxygen atoms in total. The van der Waals surface area contributed by atoms with Crippen LogP contribution in [0, 0.1) is 5.92 Å². The average Bonchev–Trinajstić information content (AvgIpc) is 2.95. The average molecular weight is 257 g/mol. The number of fused-ring (bicyclic) bond motifs is 1. The Balaban J connectivity index is 1.76. The second kappa shape index (κ2) is 5.46. The van der Waals surface area contributed by atoms with Gasteiger partial charge in [-0.15, -0.1) is 0 Å². The van der Waals surface area contributed by atoms with E-state index in [2.05, 4.69) is 11.8 Å². The molecule has 19 heavy (non-hydrogen) atoms. The molecular weight excluding hydrogens is 234 g/mol. The lowest BCUT2D eigenvalue weighted by atomic mass is 9.89. The normalized spacial score (nSPS) is 28.9. The van der Waals surface area contributed by atoms with Crippen LogP contribution in [0.3, 0.4) is 0 Å². The predicted octanol–water partition coefficient (Wildman–Crippen LogP) is 3.52. The predicted molar refractivity (Wildman–Crippen MR) is 77.3 cm³/mol. The van der Waals surface area contributed by atoms with E-state index in [1.54, 1.807) is 0 Å². The van der Waals surface area contributed by atoms with E-state index < -0.39 is 0 Å². The van der Waals surface area contributed by atoms with Crippen LogP contribution in [-0.4, -0.2) is 29.3 Å². The van der Waals surface area contributed by atoms with Crippen molar-refractivity contribution in [2.75, 3.05) is 6.54 Å². The first-order chi connectivity index (χ1) is 9.27. The van der Waals surface area contributed by atoms with E-state index in [1.807, 2.05) is 30.3 Å². The number of hydrogen-bond acceptors (Lipinski definition) is 2. The Morgan fingerprint density at radius 3 is 2.68 bits per heavy atom. The molecule has 0 bridgehead atoms. The van der Waals surface area contributed by atoms with Gasteiger partial charge >= 0.3 is 0 Å². The quantitative estimate of drug-likeness (QED) is 0.772. The van der Waals surface area contributed by atoms with Crippen molar-refractivity contribution in [1.29, 1.82) is 0 Å². The zero-order valence-corrected chi connectivity index (χ0v) is 11.7. The summed E-state index contributed by atoms with van der Waals surface area (Å²) in [7, 11) is 0. The molecule has 3 rings (SSSR count). The fraction of sp³-hybridized carbons (Fsp3) is 0.588. The van der Waals surface area contributed by atoms with Gasteiger partial charge in [-0.05, 0) is 45.1 Å². The Kier molecular flexibility index (Phi) is 3.69. The van der Waals surface area contributed by atoms with Crippen molar-refractivity contribution in [2.45, 2.75) is 51.1 Å². The molecule has 2 aliphatic rings. The highest BCUT2D eigenvalue weighted by Crippen LogP contribution is 2.38. The van der Waals surface area contributed by atoms with Crippen LogP contribution in [0.5, 0.6) is 0 Å². The number of carbonyl (C=O) groups excluding carboxylic acids is 1. The van der Waals surface area contributed by atoms with E-state index in [0.717, 1.165) is 18.0 Å². The summed E-state index contributed by atoms with van der Waals surface area (Å²) in [4.78, 5) is 15.1. The van der Waals surface area contributed by atoms with Gasteiger partial charge in [0.05, 0.1) is 6.04 Å². The van der Waals surface area contributed by atoms with E-state index in [9.17, 15) is 4.79 Å². The highest BCUT2D eigenvalue weighted by Gasteiger charge is 2.38. The zero-order valence-electron chi connectivity index (χ0n) is 11.7. The second-order valence-electron chi connectivity index (χ2n) is 6.04. The van der Waals surface area contributed by atoms with Gasteiger partial charge in [0.2, 0.25) is 0 Å². The minimum atomic E-state index is 0.0355. The summed E-state index contributed by atoms with van der Waals surface area (Å²) in [6.45, 7) is 3.19. The van der Waals surface area contributed by atoms with Gasteiger partial charge in [0.15, 0.2) is 5.78 Å². The van der Waals surface area contributed by atoms with Crippen molar-refractivity contribution >= 4 is 5.78 Å². The summed E-state index contributed by atoms with van der Waals surface area (Å²) in [5.41, 5.74) is 0.857. The van der Waals surface area contributed by atoms with Crippen molar-refractivity contribution in [3.63, 3.8) is 0 Å². The van der Waals surface area contributed by atoms with Crippen molar-refractivity contribution in [3.8, 4) is 0 Å². The molecule has 0 aromatic heterocycles. The molecule has 0 spiro atoms. The van der Waals surface area contributed by atoms with Gasteiger partial charge in [0, 0.05) is 11.6 Å². The number of Topliss-reactive ketones (excluding diaryl/α,β-unsaturated/α-hetero) is 1. The van der Waals surface area contributed by atoms with Crippen LogP contribution >= 0.6 is 0 Å². The molecule has 1 aliphatic heterocycles. The van der Waals surface area contributed by atoms with E-state index >= 15 is 0 Å². The molecule has 3 atom stereocenters. The maximum Gasteiger partial charge on any atom is 0.179 e. The lowest BCUT2D eigenvalue weighted by Crippen LogP contribution is -2.50. The third-order valence-electron chi connectivity index (χ3n) is 4.97. The van der Waals surface area contributed by atoms with Crippen molar-refractivity contribution in [2.24, 2.45) is 5.92 Å². The fourth-order valence-electron chi connectivity index (χ4n) is 3.97. The van der Waals surface area contributed by atoms with Gasteiger partial charge in [-0.25, -0.2) is 0 Å². The fourth-order valence-corrected chi connectivity index (χ4v) is 3.97. The van der Waals surface area contributed by atoms with Crippen molar-refractivity contribution in [3.05, 3.63) is 35.9 Å². The first-order valence-electron chi connectivity index (χ1n) is 7.62. The molecule has 1 saturated carbocycles. The minimum Gasteiger partial charge on any atom is -0.292 e. The van der Waals surface area contributed by atoms with Crippen LogP contribution in [0.25, 0.3) is 0 Å². The van der Waals surface area contributed by atoms with Crippen molar-refractivity contribution in [1.82, 2.24) is 4.90 Å². The Morgan fingerprint density at radius 1 is 1.16 bits per heavy atom. The lowest BCUT2D eigenvalue weighted by Gasteiger charge is -2.41. The summed E-state index contributed by atoms with van der Waals surface area (Å²) >= 11 is 0. The zero-order chi connectivity index (χ0) is 13.2. The molecule has 1 heterocycles. The summed E-state index contributed by atoms with van der Waals surface area (Å²) in [5.74, 6) is 1.13. The van der Waals surface area contributed by atoms with Crippen LogP contribution in [0.1, 0.15) is 49.4 Å². The molecule has 0 radical (unpaired) electrons. The molecule has 0 amide bonds.